The molecular weight excluding hydrogens is 576 g/mol. The normalized spacial score (nSPS) is 9.93. The summed E-state index contributed by atoms with van der Waals surface area (Å²) in [5.41, 5.74) is 0.989. The minimum Gasteiger partial charge on any atom is -0.507 e. The van der Waals surface area contributed by atoms with Gasteiger partial charge in [0.1, 0.15) is 11.5 Å². The zero-order valence-electron chi connectivity index (χ0n) is 24.9. The molecule has 0 aromatic heterocycles. The molecule has 0 saturated carbocycles. The van der Waals surface area contributed by atoms with E-state index in [1.807, 2.05) is 0 Å². The summed E-state index contributed by atoms with van der Waals surface area (Å²) < 4.78 is 15.5. The zero-order chi connectivity index (χ0) is 33.1. The van der Waals surface area contributed by atoms with Crippen LogP contribution in [0.25, 0.3) is 0 Å². The van der Waals surface area contributed by atoms with E-state index in [2.05, 4.69) is 17.9 Å². The third-order valence-corrected chi connectivity index (χ3v) is 6.02. The van der Waals surface area contributed by atoms with E-state index >= 15 is 0 Å². The minimum atomic E-state index is -0.889. The molecule has 0 atom stereocenters. The molecule has 9 nitrogen and oxygen atoms in total. The lowest BCUT2D eigenvalue weighted by atomic mass is 10.0. The summed E-state index contributed by atoms with van der Waals surface area (Å²) in [6.07, 6.45) is 0. The van der Waals surface area contributed by atoms with Gasteiger partial charge in [-0.15, -0.1) is 0 Å². The van der Waals surface area contributed by atoms with Crippen LogP contribution in [0.5, 0.6) is 23.0 Å². The molecule has 0 amide bonds. The van der Waals surface area contributed by atoms with Crippen LogP contribution in [0.4, 0.5) is 0 Å². The van der Waals surface area contributed by atoms with Gasteiger partial charge in [0.05, 0.1) is 18.2 Å². The highest BCUT2D eigenvalue weighted by Crippen LogP contribution is 2.38. The fraction of sp³-hybridized carbons (Fsp3) is 0.0833. The molecule has 4 aromatic rings. The molecule has 45 heavy (non-hydrogen) atoms. The van der Waals surface area contributed by atoms with Crippen LogP contribution in [0.1, 0.15) is 50.5 Å². The number of rotatable bonds is 10. The molecule has 1 N–H and O–H groups in total. The standard InChI is InChI=1S/C31H22O7.C5H8O2/c1-19(2)31(36)38-26-15-9-14-24(29(35)28(34)21-12-7-4-8-13-21)30(26)37-22-16-17-23(25(32)18-22)27(33)20-10-5-3-6-11-20;1-4(2)5(6)7-3/h3-18,32H,1H2,2H3;1H2,2-3H3. The van der Waals surface area contributed by atoms with Crippen LogP contribution in [0.2, 0.25) is 0 Å². The van der Waals surface area contributed by atoms with Gasteiger partial charge in [-0.2, -0.15) is 0 Å². The predicted octanol–water partition coefficient (Wildman–Crippen LogP) is 6.70. The van der Waals surface area contributed by atoms with E-state index in [4.69, 9.17) is 9.47 Å². The molecule has 0 fully saturated rings. The zero-order valence-corrected chi connectivity index (χ0v) is 24.9. The molecule has 0 bridgehead atoms. The van der Waals surface area contributed by atoms with Gasteiger partial charge in [0, 0.05) is 28.3 Å². The van der Waals surface area contributed by atoms with E-state index in [9.17, 15) is 29.1 Å². The Morgan fingerprint density at radius 2 is 1.22 bits per heavy atom. The lowest BCUT2D eigenvalue weighted by Crippen LogP contribution is -2.16. The number of ketones is 3. The van der Waals surface area contributed by atoms with Crippen LogP contribution >= 0.6 is 0 Å². The Morgan fingerprint density at radius 3 is 1.73 bits per heavy atom. The Hall–Kier alpha value is -6.09. The second-order valence-corrected chi connectivity index (χ2v) is 9.58. The second kappa shape index (κ2) is 15.4. The van der Waals surface area contributed by atoms with Crippen molar-refractivity contribution in [2.24, 2.45) is 0 Å². The summed E-state index contributed by atoms with van der Waals surface area (Å²) >= 11 is 0. The van der Waals surface area contributed by atoms with Gasteiger partial charge < -0.3 is 19.3 Å². The van der Waals surface area contributed by atoms with Gasteiger partial charge in [-0.25, -0.2) is 9.59 Å². The largest absolute Gasteiger partial charge is 0.507 e. The summed E-state index contributed by atoms with van der Waals surface area (Å²) in [4.78, 5) is 61.3. The topological polar surface area (TPSA) is 133 Å². The molecule has 0 aliphatic heterocycles. The van der Waals surface area contributed by atoms with Crippen molar-refractivity contribution >= 4 is 29.3 Å². The van der Waals surface area contributed by atoms with Crippen molar-refractivity contribution in [1.29, 1.82) is 0 Å². The number of hydrogen-bond acceptors (Lipinski definition) is 9. The first-order valence-electron chi connectivity index (χ1n) is 13.4. The van der Waals surface area contributed by atoms with Gasteiger partial charge in [0.15, 0.2) is 17.3 Å². The van der Waals surface area contributed by atoms with Crippen molar-refractivity contribution in [2.75, 3.05) is 7.11 Å². The lowest BCUT2D eigenvalue weighted by molar-refractivity contribution is -0.136. The van der Waals surface area contributed by atoms with Crippen LogP contribution in [0, 0.1) is 0 Å². The van der Waals surface area contributed by atoms with Gasteiger partial charge in [-0.05, 0) is 38.1 Å². The van der Waals surface area contributed by atoms with Crippen molar-refractivity contribution in [1.82, 2.24) is 0 Å². The number of hydrogen-bond donors (Lipinski definition) is 1. The maximum absolute atomic E-state index is 13.2. The molecule has 228 valence electrons. The number of para-hydroxylation sites is 1. The van der Waals surface area contributed by atoms with E-state index < -0.39 is 23.3 Å². The van der Waals surface area contributed by atoms with E-state index in [0.717, 1.165) is 0 Å². The Labute approximate surface area is 260 Å². The molecule has 0 unspecified atom stereocenters. The number of phenolic OH excluding ortho intramolecular Hbond substituents is 1. The summed E-state index contributed by atoms with van der Waals surface area (Å²) in [5.74, 6) is -3.85. The number of aromatic hydroxyl groups is 1. The van der Waals surface area contributed by atoms with Gasteiger partial charge in [0.25, 0.3) is 0 Å². The fourth-order valence-electron chi connectivity index (χ4n) is 3.71. The first-order valence-corrected chi connectivity index (χ1v) is 13.4. The highest BCUT2D eigenvalue weighted by atomic mass is 16.6. The van der Waals surface area contributed by atoms with Crippen LogP contribution in [-0.2, 0) is 14.3 Å². The Kier molecular flexibility index (Phi) is 11.4. The lowest BCUT2D eigenvalue weighted by Gasteiger charge is -2.15. The number of esters is 2. The maximum Gasteiger partial charge on any atom is 0.338 e. The van der Waals surface area contributed by atoms with E-state index in [1.165, 1.54) is 62.6 Å². The van der Waals surface area contributed by atoms with Crippen molar-refractivity contribution in [3.05, 3.63) is 144 Å². The SMILES string of the molecule is C=C(C)C(=O)OC.C=C(C)C(=O)Oc1cccc(C(=O)C(=O)c2ccccc2)c1Oc1ccc(C(=O)c2ccccc2)c(O)c1. The number of methoxy groups -OCH3 is 1. The number of ether oxygens (including phenoxy) is 3. The Morgan fingerprint density at radius 1 is 0.644 bits per heavy atom. The van der Waals surface area contributed by atoms with E-state index in [1.54, 1.807) is 55.5 Å². The molecule has 9 heteroatoms. The van der Waals surface area contributed by atoms with E-state index in [0.29, 0.717) is 11.1 Å². The van der Waals surface area contributed by atoms with E-state index in [-0.39, 0.29) is 51.2 Å². The van der Waals surface area contributed by atoms with Crippen molar-refractivity contribution in [3.63, 3.8) is 0 Å². The third-order valence-electron chi connectivity index (χ3n) is 6.02. The molecule has 0 aliphatic rings. The molecule has 4 rings (SSSR count). The molecular formula is C36H30O9. The van der Waals surface area contributed by atoms with Crippen molar-refractivity contribution in [3.8, 4) is 23.0 Å². The van der Waals surface area contributed by atoms with Gasteiger partial charge in [0.2, 0.25) is 11.6 Å². The monoisotopic (exact) mass is 606 g/mol. The third kappa shape index (κ3) is 8.71. The average Bonchev–Trinajstić information content (AvgIpc) is 3.05. The number of Topliss-reactive ketones (excluding diaryl/α,β-unsaturated/α-hetero) is 2. The van der Waals surface area contributed by atoms with Gasteiger partial charge >= 0.3 is 11.9 Å². The molecule has 0 radical (unpaired) electrons. The van der Waals surface area contributed by atoms with Crippen molar-refractivity contribution in [2.45, 2.75) is 13.8 Å². The second-order valence-electron chi connectivity index (χ2n) is 9.58. The summed E-state index contributed by atoms with van der Waals surface area (Å²) in [7, 11) is 1.33. The number of carbonyl (C=O) groups excluding carboxylic acids is 5. The molecule has 0 aliphatic carbocycles. The molecule has 4 aromatic carbocycles. The van der Waals surface area contributed by atoms with Crippen molar-refractivity contribution < 1.29 is 43.3 Å². The highest BCUT2D eigenvalue weighted by molar-refractivity contribution is 6.49. The van der Waals surface area contributed by atoms with Gasteiger partial charge in [-0.1, -0.05) is 79.9 Å². The molecule has 0 spiro atoms. The first-order chi connectivity index (χ1) is 21.4. The Balaban J connectivity index is 0.000000707. The molecule has 0 saturated heterocycles. The van der Waals surface area contributed by atoms with Crippen LogP contribution in [0.3, 0.4) is 0 Å². The first kappa shape index (κ1) is 33.4. The number of carbonyl (C=O) groups is 5. The highest BCUT2D eigenvalue weighted by Gasteiger charge is 2.26. The molecule has 0 heterocycles. The fourth-order valence-corrected chi connectivity index (χ4v) is 3.71. The summed E-state index contributed by atoms with van der Waals surface area (Å²) in [5, 5.41) is 10.6. The summed E-state index contributed by atoms with van der Waals surface area (Å²) in [6, 6.07) is 24.6. The number of benzene rings is 4. The van der Waals surface area contributed by atoms with Crippen LogP contribution in [0.15, 0.2) is 121 Å². The number of phenols is 1. The Bertz CT molecular complexity index is 1770. The predicted molar refractivity (Wildman–Crippen MR) is 167 cm³/mol. The maximum atomic E-state index is 13.2. The smallest absolute Gasteiger partial charge is 0.338 e. The van der Waals surface area contributed by atoms with Crippen LogP contribution < -0.4 is 9.47 Å². The van der Waals surface area contributed by atoms with Gasteiger partial charge in [-0.3, -0.25) is 14.4 Å². The minimum absolute atomic E-state index is 0.0344. The van der Waals surface area contributed by atoms with Crippen LogP contribution in [-0.4, -0.2) is 41.5 Å². The summed E-state index contributed by atoms with van der Waals surface area (Å²) in [6.45, 7) is 9.96. The average molecular weight is 607 g/mol. The quantitative estimate of drug-likeness (QED) is 0.0688.